The molecule has 122 valence electrons. The molecule has 1 saturated carbocycles. The van der Waals surface area contributed by atoms with Gasteiger partial charge in [0, 0.05) is 12.6 Å². The first kappa shape index (κ1) is 17.0. The molecule has 0 aliphatic heterocycles. The van der Waals surface area contributed by atoms with E-state index in [9.17, 15) is 9.90 Å². The normalized spacial score (nSPS) is 20.1. The van der Waals surface area contributed by atoms with Gasteiger partial charge in [0.05, 0.1) is 12.0 Å². The van der Waals surface area contributed by atoms with Crippen molar-refractivity contribution in [2.75, 3.05) is 6.54 Å². The summed E-state index contributed by atoms with van der Waals surface area (Å²) >= 11 is 0. The van der Waals surface area contributed by atoms with Gasteiger partial charge in [-0.2, -0.15) is 0 Å². The van der Waals surface area contributed by atoms with Crippen molar-refractivity contribution in [3.8, 4) is 0 Å². The third-order valence-electron chi connectivity index (χ3n) is 4.82. The van der Waals surface area contributed by atoms with Gasteiger partial charge in [0.1, 0.15) is 0 Å². The lowest BCUT2D eigenvalue weighted by molar-refractivity contribution is -0.125. The van der Waals surface area contributed by atoms with Crippen molar-refractivity contribution in [3.05, 3.63) is 35.9 Å². The van der Waals surface area contributed by atoms with E-state index in [0.717, 1.165) is 18.4 Å². The van der Waals surface area contributed by atoms with Crippen molar-refractivity contribution in [1.82, 2.24) is 5.32 Å². The molecule has 0 spiro atoms. The molecule has 1 aromatic rings. The average Bonchev–Trinajstić information content (AvgIpc) is 2.59. The molecule has 1 aliphatic carbocycles. The topological polar surface area (TPSA) is 75.3 Å². The van der Waals surface area contributed by atoms with Crippen LogP contribution in [0.5, 0.6) is 0 Å². The highest BCUT2D eigenvalue weighted by Crippen LogP contribution is 2.26. The second kappa shape index (κ2) is 8.30. The molecule has 3 atom stereocenters. The van der Waals surface area contributed by atoms with E-state index in [0.29, 0.717) is 12.5 Å². The highest BCUT2D eigenvalue weighted by molar-refractivity contribution is 5.79. The van der Waals surface area contributed by atoms with Crippen molar-refractivity contribution in [2.45, 2.75) is 51.2 Å². The van der Waals surface area contributed by atoms with Crippen LogP contribution in [0.4, 0.5) is 0 Å². The molecule has 22 heavy (non-hydrogen) atoms. The largest absolute Gasteiger partial charge is 0.391 e. The first-order chi connectivity index (χ1) is 10.6. The number of benzene rings is 1. The summed E-state index contributed by atoms with van der Waals surface area (Å²) in [6, 6.07) is 9.32. The summed E-state index contributed by atoms with van der Waals surface area (Å²) < 4.78 is 0. The molecule has 4 N–H and O–H groups in total. The van der Waals surface area contributed by atoms with Crippen LogP contribution in [-0.2, 0) is 4.79 Å². The molecule has 1 amide bonds. The predicted octanol–water partition coefficient (Wildman–Crippen LogP) is 2.38. The average molecular weight is 304 g/mol. The molecule has 1 fully saturated rings. The van der Waals surface area contributed by atoms with E-state index in [2.05, 4.69) is 5.32 Å². The Balaban J connectivity index is 1.81. The smallest absolute Gasteiger partial charge is 0.224 e. The van der Waals surface area contributed by atoms with E-state index in [1.54, 1.807) is 0 Å². The second-order valence-corrected chi connectivity index (χ2v) is 6.44. The van der Waals surface area contributed by atoms with Gasteiger partial charge in [-0.15, -0.1) is 0 Å². The Bertz CT molecular complexity index is 457. The number of rotatable bonds is 6. The maximum absolute atomic E-state index is 12.2. The van der Waals surface area contributed by atoms with Crippen molar-refractivity contribution in [2.24, 2.45) is 17.6 Å². The third kappa shape index (κ3) is 4.55. The van der Waals surface area contributed by atoms with Crippen LogP contribution in [-0.4, -0.2) is 23.7 Å². The molecule has 0 bridgehead atoms. The standard InChI is InChI=1S/C18H28N2O2/c1-13(17(19)15-10-6-3-7-11-15)18(22)20-12-16(21)14-8-4-2-5-9-14/h3,6-7,10-11,13-14,16-17,21H,2,4-5,8-9,12,19H2,1H3,(H,20,22). The van der Waals surface area contributed by atoms with Crippen LogP contribution in [0.3, 0.4) is 0 Å². The van der Waals surface area contributed by atoms with E-state index in [4.69, 9.17) is 5.73 Å². The number of nitrogens with two attached hydrogens (primary N) is 1. The number of carbonyl (C=O) groups is 1. The minimum Gasteiger partial charge on any atom is -0.391 e. The molecule has 4 nitrogen and oxygen atoms in total. The van der Waals surface area contributed by atoms with E-state index < -0.39 is 6.10 Å². The minimum atomic E-state index is -0.440. The number of hydrogen-bond donors (Lipinski definition) is 3. The molecular weight excluding hydrogens is 276 g/mol. The van der Waals surface area contributed by atoms with Crippen LogP contribution in [0.1, 0.15) is 50.6 Å². The summed E-state index contributed by atoms with van der Waals surface area (Å²) in [4.78, 5) is 12.2. The van der Waals surface area contributed by atoms with Crippen molar-refractivity contribution in [3.63, 3.8) is 0 Å². The van der Waals surface area contributed by atoms with Crippen LogP contribution >= 0.6 is 0 Å². The zero-order valence-electron chi connectivity index (χ0n) is 13.4. The summed E-state index contributed by atoms with van der Waals surface area (Å²) in [7, 11) is 0. The molecule has 1 aliphatic rings. The van der Waals surface area contributed by atoms with Gasteiger partial charge in [-0.05, 0) is 24.3 Å². The van der Waals surface area contributed by atoms with Gasteiger partial charge in [-0.1, -0.05) is 56.5 Å². The Morgan fingerprint density at radius 1 is 1.27 bits per heavy atom. The number of carbonyl (C=O) groups excluding carboxylic acids is 1. The maximum Gasteiger partial charge on any atom is 0.224 e. The van der Waals surface area contributed by atoms with Crippen LogP contribution in [0.25, 0.3) is 0 Å². The van der Waals surface area contributed by atoms with Gasteiger partial charge in [0.25, 0.3) is 0 Å². The van der Waals surface area contributed by atoms with Gasteiger partial charge in [-0.3, -0.25) is 4.79 Å². The molecule has 0 saturated heterocycles. The van der Waals surface area contributed by atoms with E-state index in [-0.39, 0.29) is 17.9 Å². The summed E-state index contributed by atoms with van der Waals surface area (Å²) in [5, 5.41) is 13.1. The molecular formula is C18H28N2O2. The predicted molar refractivity (Wildman–Crippen MR) is 88.1 cm³/mol. The molecule has 4 heteroatoms. The minimum absolute atomic E-state index is 0.0915. The first-order valence-corrected chi connectivity index (χ1v) is 8.36. The Labute approximate surface area is 133 Å². The zero-order chi connectivity index (χ0) is 15.9. The maximum atomic E-state index is 12.2. The number of nitrogens with one attached hydrogen (secondary N) is 1. The van der Waals surface area contributed by atoms with Crippen LogP contribution in [0.2, 0.25) is 0 Å². The first-order valence-electron chi connectivity index (χ1n) is 8.36. The quantitative estimate of drug-likeness (QED) is 0.755. The van der Waals surface area contributed by atoms with E-state index in [1.807, 2.05) is 37.3 Å². The SMILES string of the molecule is CC(C(=O)NCC(O)C1CCCCC1)C(N)c1ccccc1. The molecule has 0 heterocycles. The number of hydrogen-bond acceptors (Lipinski definition) is 3. The molecule has 0 radical (unpaired) electrons. The second-order valence-electron chi connectivity index (χ2n) is 6.44. The van der Waals surface area contributed by atoms with Gasteiger partial charge >= 0.3 is 0 Å². The summed E-state index contributed by atoms with van der Waals surface area (Å²) in [6.07, 6.45) is 5.32. The molecule has 1 aromatic carbocycles. The van der Waals surface area contributed by atoms with Crippen molar-refractivity contribution >= 4 is 5.91 Å². The zero-order valence-corrected chi connectivity index (χ0v) is 13.4. The lowest BCUT2D eigenvalue weighted by atomic mass is 9.85. The number of amides is 1. The Hall–Kier alpha value is -1.39. The lowest BCUT2D eigenvalue weighted by Crippen LogP contribution is -2.41. The van der Waals surface area contributed by atoms with Gasteiger partial charge in [0.2, 0.25) is 5.91 Å². The Morgan fingerprint density at radius 2 is 1.91 bits per heavy atom. The summed E-state index contributed by atoms with van der Waals surface area (Å²) in [6.45, 7) is 2.16. The number of aliphatic hydroxyl groups is 1. The fraction of sp³-hybridized carbons (Fsp3) is 0.611. The van der Waals surface area contributed by atoms with Gasteiger partial charge < -0.3 is 16.2 Å². The molecule has 0 aromatic heterocycles. The van der Waals surface area contributed by atoms with E-state index in [1.165, 1.54) is 19.3 Å². The highest BCUT2D eigenvalue weighted by atomic mass is 16.3. The molecule has 3 unspecified atom stereocenters. The van der Waals surface area contributed by atoms with Gasteiger partial charge in [-0.25, -0.2) is 0 Å². The van der Waals surface area contributed by atoms with E-state index >= 15 is 0 Å². The fourth-order valence-corrected chi connectivity index (χ4v) is 3.18. The van der Waals surface area contributed by atoms with Crippen LogP contribution < -0.4 is 11.1 Å². The van der Waals surface area contributed by atoms with Crippen molar-refractivity contribution in [1.29, 1.82) is 0 Å². The summed E-state index contributed by atoms with van der Waals surface area (Å²) in [5.74, 6) is -0.0840. The van der Waals surface area contributed by atoms with Crippen molar-refractivity contribution < 1.29 is 9.90 Å². The van der Waals surface area contributed by atoms with Crippen LogP contribution in [0, 0.1) is 11.8 Å². The lowest BCUT2D eigenvalue weighted by Gasteiger charge is -2.27. The third-order valence-corrected chi connectivity index (χ3v) is 4.82. The number of aliphatic hydroxyl groups excluding tert-OH is 1. The van der Waals surface area contributed by atoms with Gasteiger partial charge in [0.15, 0.2) is 0 Å². The molecule has 2 rings (SSSR count). The monoisotopic (exact) mass is 304 g/mol. The van der Waals surface area contributed by atoms with Crippen LogP contribution in [0.15, 0.2) is 30.3 Å². The Morgan fingerprint density at radius 3 is 2.55 bits per heavy atom. The Kier molecular flexibility index (Phi) is 6.40. The highest BCUT2D eigenvalue weighted by Gasteiger charge is 2.25. The fourth-order valence-electron chi connectivity index (χ4n) is 3.18. The summed E-state index contributed by atoms with van der Waals surface area (Å²) in [5.41, 5.74) is 7.12.